The van der Waals surface area contributed by atoms with Gasteiger partial charge in [-0.2, -0.15) is 0 Å². The molecule has 0 spiro atoms. The third-order valence-electron chi connectivity index (χ3n) is 3.56. The summed E-state index contributed by atoms with van der Waals surface area (Å²) in [6.07, 6.45) is 2.44. The zero-order chi connectivity index (χ0) is 15.0. The molecule has 0 N–H and O–H groups in total. The molecule has 0 saturated carbocycles. The van der Waals surface area contributed by atoms with Crippen LogP contribution in [0.5, 0.6) is 0 Å². The van der Waals surface area contributed by atoms with Crippen molar-refractivity contribution in [3.63, 3.8) is 0 Å². The van der Waals surface area contributed by atoms with E-state index in [1.54, 1.807) is 0 Å². The van der Waals surface area contributed by atoms with Crippen LogP contribution >= 0.6 is 0 Å². The molecule has 0 aliphatic heterocycles. The molecule has 0 fully saturated rings. The molecule has 0 aromatic heterocycles. The van der Waals surface area contributed by atoms with E-state index in [1.807, 2.05) is 6.92 Å². The lowest BCUT2D eigenvalue weighted by Crippen LogP contribution is -2.17. The van der Waals surface area contributed by atoms with Gasteiger partial charge in [0.05, 0.1) is 0 Å². The summed E-state index contributed by atoms with van der Waals surface area (Å²) >= 11 is 0. The standard InChI is InChI=1S/C16H30O3/c1-11(2)9-13(5)10-16(18)19-15(17)8-7-14(6)12(3)4/h11-14H,7-10H2,1-6H3. The molecule has 112 valence electrons. The monoisotopic (exact) mass is 270 g/mol. The summed E-state index contributed by atoms with van der Waals surface area (Å²) in [5.41, 5.74) is 0. The van der Waals surface area contributed by atoms with E-state index in [0.29, 0.717) is 30.6 Å². The minimum atomic E-state index is -0.380. The summed E-state index contributed by atoms with van der Waals surface area (Å²) in [7, 11) is 0. The maximum Gasteiger partial charge on any atom is 0.313 e. The molecule has 0 bridgehead atoms. The van der Waals surface area contributed by atoms with Crippen LogP contribution in [0.1, 0.15) is 67.2 Å². The van der Waals surface area contributed by atoms with Crippen LogP contribution < -0.4 is 0 Å². The number of esters is 2. The van der Waals surface area contributed by atoms with Gasteiger partial charge in [0, 0.05) is 12.8 Å². The number of rotatable bonds is 8. The molecule has 0 amide bonds. The van der Waals surface area contributed by atoms with Gasteiger partial charge < -0.3 is 4.74 Å². The van der Waals surface area contributed by atoms with Crippen LogP contribution in [-0.4, -0.2) is 11.9 Å². The predicted molar refractivity (Wildman–Crippen MR) is 77.6 cm³/mol. The summed E-state index contributed by atoms with van der Waals surface area (Å²) < 4.78 is 4.85. The van der Waals surface area contributed by atoms with Crippen molar-refractivity contribution in [1.29, 1.82) is 0 Å². The largest absolute Gasteiger partial charge is 0.393 e. The van der Waals surface area contributed by atoms with Crippen molar-refractivity contribution in [2.24, 2.45) is 23.7 Å². The van der Waals surface area contributed by atoms with Crippen molar-refractivity contribution in [2.45, 2.75) is 67.2 Å². The van der Waals surface area contributed by atoms with Crippen LogP contribution in [0.2, 0.25) is 0 Å². The first-order valence-corrected chi connectivity index (χ1v) is 7.45. The van der Waals surface area contributed by atoms with Crippen molar-refractivity contribution in [1.82, 2.24) is 0 Å². The van der Waals surface area contributed by atoms with Gasteiger partial charge in [-0.25, -0.2) is 0 Å². The highest BCUT2D eigenvalue weighted by Gasteiger charge is 2.16. The average Bonchev–Trinajstić information content (AvgIpc) is 2.23. The van der Waals surface area contributed by atoms with Crippen molar-refractivity contribution in [3.05, 3.63) is 0 Å². The van der Waals surface area contributed by atoms with Crippen molar-refractivity contribution in [3.8, 4) is 0 Å². The fourth-order valence-electron chi connectivity index (χ4n) is 2.07. The Balaban J connectivity index is 3.90. The van der Waals surface area contributed by atoms with E-state index in [2.05, 4.69) is 34.6 Å². The number of carbonyl (C=O) groups excluding carboxylic acids is 2. The van der Waals surface area contributed by atoms with Gasteiger partial charge in [-0.15, -0.1) is 0 Å². The maximum absolute atomic E-state index is 11.6. The Kier molecular flexibility index (Phi) is 8.70. The molecule has 2 unspecified atom stereocenters. The summed E-state index contributed by atoms with van der Waals surface area (Å²) in [5.74, 6) is 1.10. The normalized spacial score (nSPS) is 14.5. The second kappa shape index (κ2) is 9.11. The van der Waals surface area contributed by atoms with Gasteiger partial charge in [0.1, 0.15) is 0 Å². The maximum atomic E-state index is 11.6. The second-order valence-corrected chi connectivity index (χ2v) is 6.54. The molecule has 0 saturated heterocycles. The summed E-state index contributed by atoms with van der Waals surface area (Å²) in [4.78, 5) is 23.1. The molecular weight excluding hydrogens is 240 g/mol. The lowest BCUT2D eigenvalue weighted by Gasteiger charge is -2.15. The molecule has 0 aliphatic rings. The van der Waals surface area contributed by atoms with Crippen molar-refractivity contribution >= 4 is 11.9 Å². The Morgan fingerprint density at radius 1 is 0.947 bits per heavy atom. The Labute approximate surface area is 118 Å². The molecule has 0 radical (unpaired) electrons. The van der Waals surface area contributed by atoms with Crippen molar-refractivity contribution < 1.29 is 14.3 Å². The topological polar surface area (TPSA) is 43.4 Å². The molecule has 0 heterocycles. The average molecular weight is 270 g/mol. The highest BCUT2D eigenvalue weighted by Crippen LogP contribution is 2.17. The lowest BCUT2D eigenvalue weighted by atomic mass is 9.93. The number of hydrogen-bond acceptors (Lipinski definition) is 3. The molecule has 0 aliphatic carbocycles. The molecule has 19 heavy (non-hydrogen) atoms. The molecule has 3 nitrogen and oxygen atoms in total. The minimum absolute atomic E-state index is 0.273. The Bertz CT molecular complexity index is 282. The molecule has 0 rings (SSSR count). The van der Waals surface area contributed by atoms with E-state index in [-0.39, 0.29) is 17.9 Å². The first-order valence-electron chi connectivity index (χ1n) is 7.45. The lowest BCUT2D eigenvalue weighted by molar-refractivity contribution is -0.160. The number of ether oxygens (including phenoxy) is 1. The fraction of sp³-hybridized carbons (Fsp3) is 0.875. The van der Waals surface area contributed by atoms with Gasteiger partial charge in [-0.05, 0) is 36.5 Å². The molecular formula is C16H30O3. The Morgan fingerprint density at radius 3 is 2.00 bits per heavy atom. The highest BCUT2D eigenvalue weighted by atomic mass is 16.6. The summed E-state index contributed by atoms with van der Waals surface area (Å²) in [5, 5.41) is 0. The first kappa shape index (κ1) is 18.1. The molecule has 2 atom stereocenters. The molecule has 0 aromatic rings. The predicted octanol–water partition coefficient (Wildman–Crippen LogP) is 4.20. The van der Waals surface area contributed by atoms with E-state index < -0.39 is 0 Å². The van der Waals surface area contributed by atoms with Crippen LogP contribution in [0.4, 0.5) is 0 Å². The van der Waals surface area contributed by atoms with Gasteiger partial charge in [0.2, 0.25) is 0 Å². The molecule has 3 heteroatoms. The number of carbonyl (C=O) groups is 2. The fourth-order valence-corrected chi connectivity index (χ4v) is 2.07. The summed E-state index contributed by atoms with van der Waals surface area (Å²) in [6, 6.07) is 0. The van der Waals surface area contributed by atoms with E-state index in [0.717, 1.165) is 12.8 Å². The highest BCUT2D eigenvalue weighted by molar-refractivity contribution is 5.85. The summed E-state index contributed by atoms with van der Waals surface area (Å²) in [6.45, 7) is 12.7. The van der Waals surface area contributed by atoms with Gasteiger partial charge in [-0.1, -0.05) is 41.5 Å². The Hall–Kier alpha value is -0.860. The third-order valence-corrected chi connectivity index (χ3v) is 3.56. The first-order chi connectivity index (χ1) is 8.72. The Morgan fingerprint density at radius 2 is 1.53 bits per heavy atom. The minimum Gasteiger partial charge on any atom is -0.393 e. The van der Waals surface area contributed by atoms with Gasteiger partial charge in [0.25, 0.3) is 0 Å². The number of hydrogen-bond donors (Lipinski definition) is 0. The zero-order valence-corrected chi connectivity index (χ0v) is 13.4. The van der Waals surface area contributed by atoms with Crippen LogP contribution in [0.25, 0.3) is 0 Å². The smallest absolute Gasteiger partial charge is 0.313 e. The van der Waals surface area contributed by atoms with Gasteiger partial charge >= 0.3 is 11.9 Å². The van der Waals surface area contributed by atoms with E-state index in [4.69, 9.17) is 4.74 Å². The van der Waals surface area contributed by atoms with Crippen molar-refractivity contribution in [2.75, 3.05) is 0 Å². The van der Waals surface area contributed by atoms with E-state index in [1.165, 1.54) is 0 Å². The van der Waals surface area contributed by atoms with Gasteiger partial charge in [0.15, 0.2) is 0 Å². The molecule has 0 aromatic carbocycles. The van der Waals surface area contributed by atoms with Crippen LogP contribution in [0.15, 0.2) is 0 Å². The quantitative estimate of drug-likeness (QED) is 0.490. The second-order valence-electron chi connectivity index (χ2n) is 6.54. The van der Waals surface area contributed by atoms with Crippen LogP contribution in [0.3, 0.4) is 0 Å². The van der Waals surface area contributed by atoms with Gasteiger partial charge in [-0.3, -0.25) is 9.59 Å². The van der Waals surface area contributed by atoms with Crippen LogP contribution in [0, 0.1) is 23.7 Å². The SMILES string of the molecule is CC(C)CC(C)CC(=O)OC(=O)CCC(C)C(C)C. The van der Waals surface area contributed by atoms with E-state index >= 15 is 0 Å². The van der Waals surface area contributed by atoms with E-state index in [9.17, 15) is 9.59 Å². The zero-order valence-electron chi connectivity index (χ0n) is 13.4. The van der Waals surface area contributed by atoms with Crippen LogP contribution in [-0.2, 0) is 14.3 Å². The third kappa shape index (κ3) is 9.69.